The van der Waals surface area contributed by atoms with E-state index in [4.69, 9.17) is 14.2 Å². The molecule has 0 aliphatic rings. The third-order valence-electron chi connectivity index (χ3n) is 3.16. The monoisotopic (exact) mass is 316 g/mol. The summed E-state index contributed by atoms with van der Waals surface area (Å²) in [4.78, 5) is 11.8. The van der Waals surface area contributed by atoms with Crippen LogP contribution in [0.4, 0.5) is 4.79 Å². The van der Waals surface area contributed by atoms with Gasteiger partial charge in [-0.15, -0.1) is 0 Å². The zero-order valence-corrected chi connectivity index (χ0v) is 13.2. The molecule has 0 spiro atoms. The van der Waals surface area contributed by atoms with Gasteiger partial charge in [-0.2, -0.15) is 0 Å². The van der Waals surface area contributed by atoms with Gasteiger partial charge in [0.25, 0.3) is 0 Å². The second-order valence-electron chi connectivity index (χ2n) is 4.61. The van der Waals surface area contributed by atoms with Crippen LogP contribution in [0.2, 0.25) is 0 Å². The number of urea groups is 1. The fourth-order valence-corrected chi connectivity index (χ4v) is 2.00. The van der Waals surface area contributed by atoms with Crippen LogP contribution < -0.4 is 24.8 Å². The summed E-state index contributed by atoms with van der Waals surface area (Å²) in [6.45, 7) is 0.405. The topological polar surface area (TPSA) is 68.8 Å². The molecule has 2 rings (SSSR count). The molecule has 2 N–H and O–H groups in total. The number of carbonyl (C=O) groups excluding carboxylic acids is 1. The fraction of sp³-hybridized carbons (Fsp3) is 0.235. The molecule has 6 heteroatoms. The molecule has 0 fully saturated rings. The van der Waals surface area contributed by atoms with Gasteiger partial charge in [0, 0.05) is 12.1 Å². The maximum Gasteiger partial charge on any atom is 0.317 e. The first-order chi connectivity index (χ1) is 11.2. The van der Waals surface area contributed by atoms with Crippen molar-refractivity contribution < 1.29 is 19.0 Å². The Morgan fingerprint density at radius 1 is 0.870 bits per heavy atom. The normalized spacial score (nSPS) is 9.83. The largest absolute Gasteiger partial charge is 0.496 e. The lowest BCUT2D eigenvalue weighted by Gasteiger charge is -2.12. The van der Waals surface area contributed by atoms with E-state index in [0.717, 1.165) is 11.3 Å². The number of rotatable bonds is 7. The molecule has 0 aromatic heterocycles. The van der Waals surface area contributed by atoms with Gasteiger partial charge in [0.1, 0.15) is 5.75 Å². The molecular formula is C17H20N2O4. The predicted molar refractivity (Wildman–Crippen MR) is 86.9 cm³/mol. The predicted octanol–water partition coefficient (Wildman–Crippen LogP) is 2.54. The highest BCUT2D eigenvalue weighted by Crippen LogP contribution is 2.25. The summed E-state index contributed by atoms with van der Waals surface area (Å²) in [5, 5.41) is 5.37. The summed E-state index contributed by atoms with van der Waals surface area (Å²) in [5.41, 5.74) is 0.899. The third kappa shape index (κ3) is 4.81. The Kier molecular flexibility index (Phi) is 6.11. The highest BCUT2D eigenvalue weighted by Gasteiger charge is 2.06. The Hall–Kier alpha value is -2.89. The third-order valence-corrected chi connectivity index (χ3v) is 3.16. The first kappa shape index (κ1) is 16.5. The molecule has 0 bridgehead atoms. The lowest BCUT2D eigenvalue weighted by atomic mass is 10.2. The zero-order valence-electron chi connectivity index (χ0n) is 13.2. The van der Waals surface area contributed by atoms with E-state index in [9.17, 15) is 4.79 Å². The van der Waals surface area contributed by atoms with E-state index in [1.54, 1.807) is 26.4 Å². The summed E-state index contributed by atoms with van der Waals surface area (Å²) in [7, 11) is 3.16. The fourth-order valence-electron chi connectivity index (χ4n) is 2.00. The van der Waals surface area contributed by atoms with Crippen molar-refractivity contribution in [3.8, 4) is 17.2 Å². The second-order valence-corrected chi connectivity index (χ2v) is 4.61. The van der Waals surface area contributed by atoms with Crippen LogP contribution in [0.15, 0.2) is 48.5 Å². The lowest BCUT2D eigenvalue weighted by Crippen LogP contribution is -2.37. The number of nitrogens with one attached hydrogen (secondary N) is 2. The van der Waals surface area contributed by atoms with Crippen LogP contribution in [0, 0.1) is 0 Å². The Morgan fingerprint density at radius 2 is 1.48 bits per heavy atom. The minimum absolute atomic E-state index is 0.0398. The number of para-hydroxylation sites is 3. The highest BCUT2D eigenvalue weighted by atomic mass is 16.5. The second kappa shape index (κ2) is 8.53. The van der Waals surface area contributed by atoms with Crippen LogP contribution in [0.25, 0.3) is 0 Å². The Balaban J connectivity index is 1.77. The van der Waals surface area contributed by atoms with Gasteiger partial charge >= 0.3 is 6.03 Å². The van der Waals surface area contributed by atoms with Crippen LogP contribution in [0.1, 0.15) is 5.56 Å². The smallest absolute Gasteiger partial charge is 0.317 e. The molecule has 0 atom stereocenters. The Labute approximate surface area is 135 Å². The van der Waals surface area contributed by atoms with E-state index in [1.807, 2.05) is 36.4 Å². The summed E-state index contributed by atoms with van der Waals surface area (Å²) in [6.07, 6.45) is 0. The van der Waals surface area contributed by atoms with E-state index in [2.05, 4.69) is 10.6 Å². The first-order valence-corrected chi connectivity index (χ1v) is 7.14. The molecule has 23 heavy (non-hydrogen) atoms. The molecule has 6 nitrogen and oxygen atoms in total. The van der Waals surface area contributed by atoms with E-state index >= 15 is 0 Å². The number of amides is 2. The molecule has 0 radical (unpaired) electrons. The SMILES string of the molecule is COc1ccccc1CNC(=O)NCOc1ccccc1OC. The lowest BCUT2D eigenvalue weighted by molar-refractivity contribution is 0.221. The summed E-state index contributed by atoms with van der Waals surface area (Å²) < 4.78 is 15.9. The number of methoxy groups -OCH3 is 2. The Bertz CT molecular complexity index is 646. The van der Waals surface area contributed by atoms with Gasteiger partial charge in [0.05, 0.1) is 14.2 Å². The number of hydrogen-bond acceptors (Lipinski definition) is 4. The van der Waals surface area contributed by atoms with E-state index < -0.39 is 0 Å². The van der Waals surface area contributed by atoms with Crippen molar-refractivity contribution in [1.82, 2.24) is 10.6 Å². The van der Waals surface area contributed by atoms with Gasteiger partial charge in [0.15, 0.2) is 18.2 Å². The Morgan fingerprint density at radius 3 is 2.17 bits per heavy atom. The maximum atomic E-state index is 11.8. The highest BCUT2D eigenvalue weighted by molar-refractivity contribution is 5.73. The number of carbonyl (C=O) groups is 1. The summed E-state index contributed by atoms with van der Waals surface area (Å²) in [5.74, 6) is 1.92. The van der Waals surface area contributed by atoms with Crippen LogP contribution in [-0.4, -0.2) is 27.0 Å². The first-order valence-electron chi connectivity index (χ1n) is 7.14. The van der Waals surface area contributed by atoms with Crippen molar-refractivity contribution in [2.24, 2.45) is 0 Å². The van der Waals surface area contributed by atoms with Crippen molar-refractivity contribution in [1.29, 1.82) is 0 Å². The molecule has 0 unspecified atom stereocenters. The van der Waals surface area contributed by atoms with Gasteiger partial charge in [-0.3, -0.25) is 0 Å². The summed E-state index contributed by atoms with van der Waals surface area (Å²) >= 11 is 0. The van der Waals surface area contributed by atoms with E-state index in [0.29, 0.717) is 18.0 Å². The van der Waals surface area contributed by atoms with Crippen molar-refractivity contribution in [3.63, 3.8) is 0 Å². The molecule has 0 aliphatic heterocycles. The minimum atomic E-state index is -0.328. The quantitative estimate of drug-likeness (QED) is 0.770. The van der Waals surface area contributed by atoms with E-state index in [-0.39, 0.29) is 12.8 Å². The molecule has 0 aliphatic carbocycles. The average molecular weight is 316 g/mol. The molecule has 122 valence electrons. The molecule has 2 aromatic carbocycles. The van der Waals surface area contributed by atoms with Crippen LogP contribution in [-0.2, 0) is 6.54 Å². The number of hydrogen-bond donors (Lipinski definition) is 2. The minimum Gasteiger partial charge on any atom is -0.496 e. The molecule has 0 heterocycles. The molecule has 0 saturated heterocycles. The van der Waals surface area contributed by atoms with Crippen molar-refractivity contribution in [2.45, 2.75) is 6.54 Å². The molecule has 2 aromatic rings. The molecule has 2 amide bonds. The van der Waals surface area contributed by atoms with Crippen molar-refractivity contribution in [3.05, 3.63) is 54.1 Å². The van der Waals surface area contributed by atoms with Crippen molar-refractivity contribution >= 4 is 6.03 Å². The zero-order chi connectivity index (χ0) is 16.5. The van der Waals surface area contributed by atoms with Crippen molar-refractivity contribution in [2.75, 3.05) is 21.0 Å². The van der Waals surface area contributed by atoms with Crippen LogP contribution in [0.5, 0.6) is 17.2 Å². The summed E-state index contributed by atoms with van der Waals surface area (Å²) in [6, 6.07) is 14.4. The average Bonchev–Trinajstić information content (AvgIpc) is 2.60. The van der Waals surface area contributed by atoms with Gasteiger partial charge in [-0.1, -0.05) is 30.3 Å². The van der Waals surface area contributed by atoms with Gasteiger partial charge in [-0.25, -0.2) is 4.79 Å². The maximum absolute atomic E-state index is 11.8. The van der Waals surface area contributed by atoms with Gasteiger partial charge in [0.2, 0.25) is 0 Å². The standard InChI is InChI=1S/C17H20N2O4/c1-21-14-8-4-3-7-13(14)11-18-17(20)19-12-23-16-10-6-5-9-15(16)22-2/h3-10H,11-12H2,1-2H3,(H2,18,19,20). The molecular weight excluding hydrogens is 296 g/mol. The van der Waals surface area contributed by atoms with Gasteiger partial charge < -0.3 is 24.8 Å². The van der Waals surface area contributed by atoms with Crippen LogP contribution in [0.3, 0.4) is 0 Å². The van der Waals surface area contributed by atoms with E-state index in [1.165, 1.54) is 0 Å². The molecule has 0 saturated carbocycles. The number of benzene rings is 2. The van der Waals surface area contributed by atoms with Crippen LogP contribution >= 0.6 is 0 Å². The number of ether oxygens (including phenoxy) is 3. The van der Waals surface area contributed by atoms with Gasteiger partial charge in [-0.05, 0) is 18.2 Å².